The van der Waals surface area contributed by atoms with E-state index in [1.165, 1.54) is 38.3 Å². The molecule has 2 aromatic carbocycles. The molecule has 2 N–H and O–H groups in total. The molecule has 1 aliphatic carbocycles. The molecule has 1 fully saturated rings. The predicted octanol–water partition coefficient (Wildman–Crippen LogP) is 3.13. The van der Waals surface area contributed by atoms with Crippen molar-refractivity contribution in [2.75, 3.05) is 13.7 Å². The average molecular weight is 435 g/mol. The van der Waals surface area contributed by atoms with Gasteiger partial charge in [0.2, 0.25) is 15.9 Å². The molecule has 1 saturated carbocycles. The average Bonchev–Trinajstić information content (AvgIpc) is 3.22. The van der Waals surface area contributed by atoms with Crippen molar-refractivity contribution in [1.82, 2.24) is 10.0 Å². The molecule has 0 spiro atoms. The van der Waals surface area contributed by atoms with Crippen LogP contribution in [0.2, 0.25) is 0 Å². The molecule has 8 heteroatoms. The Labute approximate surface area is 176 Å². The second-order valence-corrected chi connectivity index (χ2v) is 9.44. The number of benzene rings is 2. The molecule has 0 radical (unpaired) electrons. The van der Waals surface area contributed by atoms with E-state index in [9.17, 15) is 17.6 Å². The van der Waals surface area contributed by atoms with Crippen LogP contribution in [0.3, 0.4) is 0 Å². The maximum absolute atomic E-state index is 13.3. The molecule has 2 aromatic rings. The largest absolute Gasteiger partial charge is 0.497 e. The normalized spacial score (nSPS) is 16.8. The first kappa shape index (κ1) is 22.2. The summed E-state index contributed by atoms with van der Waals surface area (Å²) in [6, 6.07) is 11.4. The van der Waals surface area contributed by atoms with Crippen molar-refractivity contribution in [1.29, 1.82) is 0 Å². The lowest BCUT2D eigenvalue weighted by Gasteiger charge is -2.30. The van der Waals surface area contributed by atoms with Gasteiger partial charge in [0.15, 0.2) is 0 Å². The lowest BCUT2D eigenvalue weighted by atomic mass is 9.78. The van der Waals surface area contributed by atoms with E-state index in [0.29, 0.717) is 12.3 Å². The van der Waals surface area contributed by atoms with E-state index in [1.807, 2.05) is 0 Å². The second kappa shape index (κ2) is 9.14. The minimum atomic E-state index is -3.85. The Morgan fingerprint density at radius 2 is 1.70 bits per heavy atom. The number of methoxy groups -OCH3 is 1. The van der Waals surface area contributed by atoms with Crippen LogP contribution in [0.4, 0.5) is 4.39 Å². The van der Waals surface area contributed by atoms with Gasteiger partial charge < -0.3 is 10.1 Å². The summed E-state index contributed by atoms with van der Waals surface area (Å²) >= 11 is 0. The molecule has 1 atom stereocenters. The molecule has 0 aromatic heterocycles. The Kier molecular flexibility index (Phi) is 6.77. The fourth-order valence-electron chi connectivity index (χ4n) is 3.94. The first-order valence-electron chi connectivity index (χ1n) is 9.96. The van der Waals surface area contributed by atoms with Crippen molar-refractivity contribution >= 4 is 15.9 Å². The summed E-state index contributed by atoms with van der Waals surface area (Å²) in [5, 5.41) is 2.89. The molecule has 0 heterocycles. The van der Waals surface area contributed by atoms with Crippen molar-refractivity contribution in [3.05, 3.63) is 59.9 Å². The summed E-state index contributed by atoms with van der Waals surface area (Å²) < 4.78 is 45.9. The SMILES string of the molecule is COc1ccc(S(=O)(=O)N[C@@H](C)C(=O)NCC2(c3ccc(F)cc3)CCCC2)cc1. The smallest absolute Gasteiger partial charge is 0.241 e. The summed E-state index contributed by atoms with van der Waals surface area (Å²) in [6.45, 7) is 1.89. The number of hydrogen-bond donors (Lipinski definition) is 2. The van der Waals surface area contributed by atoms with E-state index in [-0.39, 0.29) is 16.1 Å². The summed E-state index contributed by atoms with van der Waals surface area (Å²) in [4.78, 5) is 12.7. The second-order valence-electron chi connectivity index (χ2n) is 7.73. The summed E-state index contributed by atoms with van der Waals surface area (Å²) in [5.74, 6) is -0.152. The van der Waals surface area contributed by atoms with Crippen molar-refractivity contribution in [2.45, 2.75) is 49.0 Å². The number of ether oxygens (including phenoxy) is 1. The maximum atomic E-state index is 13.3. The third-order valence-corrected chi connectivity index (χ3v) is 7.27. The number of amides is 1. The van der Waals surface area contributed by atoms with Crippen LogP contribution in [0.15, 0.2) is 53.4 Å². The van der Waals surface area contributed by atoms with Crippen LogP contribution in [-0.4, -0.2) is 34.0 Å². The third kappa shape index (κ3) is 4.99. The summed E-state index contributed by atoms with van der Waals surface area (Å²) in [7, 11) is -2.35. The maximum Gasteiger partial charge on any atom is 0.241 e. The lowest BCUT2D eigenvalue weighted by Crippen LogP contribution is -2.48. The van der Waals surface area contributed by atoms with Gasteiger partial charge in [0.05, 0.1) is 18.0 Å². The molecule has 3 rings (SSSR count). The standard InChI is InChI=1S/C22H27FN2O4S/c1-16(25-30(27,28)20-11-9-19(29-2)10-12-20)21(26)24-15-22(13-3-4-14-22)17-5-7-18(23)8-6-17/h5-12,16,25H,3-4,13-15H2,1-2H3,(H,24,26)/t16-/m0/s1. The minimum Gasteiger partial charge on any atom is -0.497 e. The fraction of sp³-hybridized carbons (Fsp3) is 0.409. The van der Waals surface area contributed by atoms with Crippen LogP contribution in [0.25, 0.3) is 0 Å². The van der Waals surface area contributed by atoms with Gasteiger partial charge in [-0.3, -0.25) is 4.79 Å². The minimum absolute atomic E-state index is 0.0570. The molecule has 0 bridgehead atoms. The zero-order valence-electron chi connectivity index (χ0n) is 17.2. The van der Waals surface area contributed by atoms with Crippen molar-refractivity contribution < 1.29 is 22.3 Å². The van der Waals surface area contributed by atoms with E-state index < -0.39 is 22.0 Å². The quantitative estimate of drug-likeness (QED) is 0.669. The first-order chi connectivity index (χ1) is 14.3. The van der Waals surface area contributed by atoms with Crippen LogP contribution in [0, 0.1) is 5.82 Å². The first-order valence-corrected chi connectivity index (χ1v) is 11.4. The topological polar surface area (TPSA) is 84.5 Å². The molecule has 1 aliphatic rings. The zero-order chi connectivity index (χ0) is 21.8. The fourth-order valence-corrected chi connectivity index (χ4v) is 5.14. The predicted molar refractivity (Wildman–Crippen MR) is 112 cm³/mol. The molecule has 0 aliphatic heterocycles. The summed E-state index contributed by atoms with van der Waals surface area (Å²) in [5.41, 5.74) is 0.742. The highest BCUT2D eigenvalue weighted by Gasteiger charge is 2.36. The van der Waals surface area contributed by atoms with Gasteiger partial charge in [-0.15, -0.1) is 0 Å². The van der Waals surface area contributed by atoms with Gasteiger partial charge in [-0.25, -0.2) is 12.8 Å². The molecule has 1 amide bonds. The molecule has 162 valence electrons. The van der Waals surface area contributed by atoms with E-state index in [0.717, 1.165) is 31.2 Å². The third-order valence-electron chi connectivity index (χ3n) is 5.71. The van der Waals surface area contributed by atoms with Gasteiger partial charge >= 0.3 is 0 Å². The number of carbonyl (C=O) groups is 1. The summed E-state index contributed by atoms with van der Waals surface area (Å²) in [6.07, 6.45) is 3.86. The van der Waals surface area contributed by atoms with Crippen LogP contribution >= 0.6 is 0 Å². The number of halogens is 1. The highest BCUT2D eigenvalue weighted by Crippen LogP contribution is 2.40. The Morgan fingerprint density at radius 3 is 2.27 bits per heavy atom. The van der Waals surface area contributed by atoms with Crippen molar-refractivity contribution in [2.24, 2.45) is 0 Å². The monoisotopic (exact) mass is 434 g/mol. The molecule has 0 unspecified atom stereocenters. The van der Waals surface area contributed by atoms with Crippen LogP contribution in [0.1, 0.15) is 38.2 Å². The lowest BCUT2D eigenvalue weighted by molar-refractivity contribution is -0.122. The van der Waals surface area contributed by atoms with E-state index in [4.69, 9.17) is 4.74 Å². The van der Waals surface area contributed by atoms with Crippen molar-refractivity contribution in [3.8, 4) is 5.75 Å². The zero-order valence-corrected chi connectivity index (χ0v) is 18.0. The molecular formula is C22H27FN2O4S. The highest BCUT2D eigenvalue weighted by atomic mass is 32.2. The molecule has 6 nitrogen and oxygen atoms in total. The van der Waals surface area contributed by atoms with E-state index in [1.54, 1.807) is 24.3 Å². The number of nitrogens with one attached hydrogen (secondary N) is 2. The van der Waals surface area contributed by atoms with Gasteiger partial charge in [0.1, 0.15) is 11.6 Å². The number of sulfonamides is 1. The van der Waals surface area contributed by atoms with Gasteiger partial charge in [0, 0.05) is 12.0 Å². The van der Waals surface area contributed by atoms with Crippen molar-refractivity contribution in [3.63, 3.8) is 0 Å². The van der Waals surface area contributed by atoms with Gasteiger partial charge in [0.25, 0.3) is 0 Å². The number of rotatable bonds is 8. The Hall–Kier alpha value is -2.45. The van der Waals surface area contributed by atoms with Crippen LogP contribution in [0.5, 0.6) is 5.75 Å². The Balaban J connectivity index is 1.65. The van der Waals surface area contributed by atoms with E-state index in [2.05, 4.69) is 10.0 Å². The highest BCUT2D eigenvalue weighted by molar-refractivity contribution is 7.89. The molecule has 30 heavy (non-hydrogen) atoms. The van der Waals surface area contributed by atoms with Gasteiger partial charge in [-0.05, 0) is 61.7 Å². The Morgan fingerprint density at radius 1 is 1.10 bits per heavy atom. The van der Waals surface area contributed by atoms with E-state index >= 15 is 0 Å². The van der Waals surface area contributed by atoms with Crippen LogP contribution < -0.4 is 14.8 Å². The Bertz CT molecular complexity index is 969. The number of hydrogen-bond acceptors (Lipinski definition) is 4. The number of carbonyl (C=O) groups excluding carboxylic acids is 1. The van der Waals surface area contributed by atoms with Gasteiger partial charge in [-0.2, -0.15) is 4.72 Å². The van der Waals surface area contributed by atoms with Crippen LogP contribution in [-0.2, 0) is 20.2 Å². The molecular weight excluding hydrogens is 407 g/mol. The van der Waals surface area contributed by atoms with Gasteiger partial charge in [-0.1, -0.05) is 25.0 Å². The molecule has 0 saturated heterocycles.